The summed E-state index contributed by atoms with van der Waals surface area (Å²) < 4.78 is 0. The molecule has 1 aliphatic heterocycles. The normalized spacial score (nSPS) is 14.3. The Kier molecular flexibility index (Phi) is 7.61. The number of hydrogen-bond acceptors (Lipinski definition) is 3. The Balaban J connectivity index is 0.00000272. The van der Waals surface area contributed by atoms with Crippen molar-refractivity contribution in [1.82, 2.24) is 9.88 Å². The van der Waals surface area contributed by atoms with Crippen LogP contribution in [-0.2, 0) is 43.9 Å². The van der Waals surface area contributed by atoms with E-state index < -0.39 is 11.6 Å². The quantitative estimate of drug-likeness (QED) is 0.332. The van der Waals surface area contributed by atoms with Crippen LogP contribution in [0.4, 0.5) is 0 Å². The van der Waals surface area contributed by atoms with Crippen molar-refractivity contribution in [1.29, 1.82) is 0 Å². The van der Waals surface area contributed by atoms with E-state index in [9.17, 15) is 14.4 Å². The zero-order valence-corrected chi connectivity index (χ0v) is 20.7. The van der Waals surface area contributed by atoms with Gasteiger partial charge in [0, 0.05) is 42.7 Å². The van der Waals surface area contributed by atoms with E-state index in [1.807, 2.05) is 30.0 Å². The number of aromatic nitrogens is 1. The molecular weight excluding hydrogens is 465 g/mol. The van der Waals surface area contributed by atoms with Gasteiger partial charge in [-0.3, -0.25) is 14.4 Å². The number of nitrogens with zero attached hydrogens (tertiary/aromatic N) is 1. The number of piperidine rings is 1. The van der Waals surface area contributed by atoms with Gasteiger partial charge in [-0.05, 0) is 49.8 Å². The second-order valence-electron chi connectivity index (χ2n) is 8.15. The molecule has 0 atom stereocenters. The topological polar surface area (TPSA) is 70.2 Å². The van der Waals surface area contributed by atoms with E-state index in [0.29, 0.717) is 22.4 Å². The summed E-state index contributed by atoms with van der Waals surface area (Å²) in [5.41, 5.74) is 3.85. The summed E-state index contributed by atoms with van der Waals surface area (Å²) in [5.74, 6) is -0.486. The monoisotopic (exact) mass is 490 g/mol. The van der Waals surface area contributed by atoms with Crippen molar-refractivity contribution in [3.63, 3.8) is 0 Å². The minimum Gasteiger partial charge on any atom is -0.360 e. The fraction of sp³-hybridized carbons (Fsp3) is 0.320. The molecular formula is C25H25N2O3Y+2. The Bertz CT molecular complexity index is 1110. The van der Waals surface area contributed by atoms with Crippen LogP contribution in [-0.4, -0.2) is 40.4 Å². The van der Waals surface area contributed by atoms with E-state index in [-0.39, 0.29) is 38.6 Å². The number of aromatic amines is 1. The summed E-state index contributed by atoms with van der Waals surface area (Å²) in [6.07, 6.45) is 4.53. The van der Waals surface area contributed by atoms with Gasteiger partial charge in [-0.25, -0.2) is 0 Å². The van der Waals surface area contributed by atoms with Crippen molar-refractivity contribution in [2.45, 2.75) is 33.1 Å². The smallest absolute Gasteiger partial charge is 0.360 e. The largest absolute Gasteiger partial charge is 3.00 e. The molecule has 1 N–H and O–H groups in total. The number of nitrogens with one attached hydrogen (secondary N) is 1. The van der Waals surface area contributed by atoms with Crippen LogP contribution in [0.25, 0.3) is 10.9 Å². The van der Waals surface area contributed by atoms with Gasteiger partial charge < -0.3 is 9.88 Å². The number of benzene rings is 2. The van der Waals surface area contributed by atoms with E-state index >= 15 is 0 Å². The molecule has 31 heavy (non-hydrogen) atoms. The number of ketones is 2. The number of amides is 1. The van der Waals surface area contributed by atoms with E-state index in [0.717, 1.165) is 43.4 Å². The van der Waals surface area contributed by atoms with Crippen molar-refractivity contribution in [3.05, 3.63) is 70.9 Å². The minimum absolute atomic E-state index is 0. The predicted octanol–water partition coefficient (Wildman–Crippen LogP) is 4.14. The van der Waals surface area contributed by atoms with E-state index in [2.05, 4.69) is 23.2 Å². The number of carbonyl (C=O) groups is 3. The first-order valence-electron chi connectivity index (χ1n) is 10.4. The molecule has 1 aliphatic rings. The Morgan fingerprint density at radius 2 is 1.77 bits per heavy atom. The third kappa shape index (κ3) is 5.04. The van der Waals surface area contributed by atoms with Gasteiger partial charge >= 0.3 is 32.7 Å². The van der Waals surface area contributed by atoms with Gasteiger partial charge in [-0.2, -0.15) is 35.9 Å². The van der Waals surface area contributed by atoms with Crippen LogP contribution in [0, 0.1) is 18.9 Å². The summed E-state index contributed by atoms with van der Waals surface area (Å²) >= 11 is 0. The molecule has 1 fully saturated rings. The maximum absolute atomic E-state index is 13.2. The van der Waals surface area contributed by atoms with Crippen molar-refractivity contribution < 1.29 is 47.1 Å². The molecule has 6 heteroatoms. The number of fused-ring (bicyclic) bond motifs is 1. The number of H-pyrrole nitrogens is 1. The van der Waals surface area contributed by atoms with Crippen LogP contribution in [0.2, 0.25) is 0 Å². The summed E-state index contributed by atoms with van der Waals surface area (Å²) in [6, 6.07) is 14.8. The molecule has 1 aromatic heterocycles. The van der Waals surface area contributed by atoms with Crippen molar-refractivity contribution in [2.24, 2.45) is 5.92 Å². The molecule has 154 valence electrons. The molecule has 2 heterocycles. The van der Waals surface area contributed by atoms with Crippen molar-refractivity contribution >= 4 is 28.4 Å². The van der Waals surface area contributed by atoms with Crippen LogP contribution in [0.15, 0.2) is 42.6 Å². The van der Waals surface area contributed by atoms with Gasteiger partial charge in [0.15, 0.2) is 5.78 Å². The van der Waals surface area contributed by atoms with Crippen LogP contribution in [0.1, 0.15) is 51.6 Å². The number of likely N-dealkylation sites (tertiary alicyclic amines) is 1. The van der Waals surface area contributed by atoms with Gasteiger partial charge in [-0.15, -0.1) is 0 Å². The third-order valence-corrected chi connectivity index (χ3v) is 6.03. The van der Waals surface area contributed by atoms with Crippen LogP contribution in [0.3, 0.4) is 0 Å². The standard InChI is InChI=1S/C25H25N2O3.Y/c1-16-12-23-21(22(15-26-23)24(29)17(2)28)14-20(16)25(30)27-10-8-19(9-11-27)13-18-6-4-3-5-7-18;/h4-7,12,14-15,19,26H,8-11,13H2,1-2H3;/q-1;+3. The Morgan fingerprint density at radius 1 is 1.10 bits per heavy atom. The number of aryl methyl sites for hydroxylation is 1. The average Bonchev–Trinajstić information content (AvgIpc) is 3.15. The first-order chi connectivity index (χ1) is 14.4. The summed E-state index contributed by atoms with van der Waals surface area (Å²) in [7, 11) is 0. The molecule has 1 amide bonds. The molecule has 5 nitrogen and oxygen atoms in total. The molecule has 2 aromatic carbocycles. The number of hydrogen-bond donors (Lipinski definition) is 1. The Hall–Kier alpha value is -2.11. The zero-order chi connectivity index (χ0) is 21.3. The predicted molar refractivity (Wildman–Crippen MR) is 116 cm³/mol. The van der Waals surface area contributed by atoms with Crippen LogP contribution in [0.5, 0.6) is 0 Å². The molecule has 0 bridgehead atoms. The van der Waals surface area contributed by atoms with Gasteiger partial charge in [-0.1, -0.05) is 0 Å². The fourth-order valence-corrected chi connectivity index (χ4v) is 4.29. The zero-order valence-electron chi connectivity index (χ0n) is 17.9. The first kappa shape index (κ1) is 23.6. The number of Topliss-reactive ketones (excluding diaryl/α,β-unsaturated/α-hetero) is 2. The molecule has 0 spiro atoms. The van der Waals surface area contributed by atoms with Crippen LogP contribution < -0.4 is 0 Å². The molecule has 4 rings (SSSR count). The second-order valence-corrected chi connectivity index (χ2v) is 8.15. The molecule has 0 saturated carbocycles. The van der Waals surface area contributed by atoms with E-state index in [4.69, 9.17) is 0 Å². The van der Waals surface area contributed by atoms with Gasteiger partial charge in [0.1, 0.15) is 0 Å². The van der Waals surface area contributed by atoms with Crippen molar-refractivity contribution in [2.75, 3.05) is 13.1 Å². The Morgan fingerprint density at radius 3 is 2.42 bits per heavy atom. The van der Waals surface area contributed by atoms with Crippen LogP contribution >= 0.6 is 0 Å². The molecule has 3 aromatic rings. The number of rotatable bonds is 5. The SMILES string of the molecule is CC(=O)C(=O)c1c[nH]c2cc(C)c(C(=O)N3CCC(Cc4cc[c-]cc4)CC3)cc12.[Y+3]. The third-order valence-electron chi connectivity index (χ3n) is 6.03. The summed E-state index contributed by atoms with van der Waals surface area (Å²) in [4.78, 5) is 41.9. The minimum atomic E-state index is -0.539. The number of carbonyl (C=O) groups excluding carboxylic acids is 3. The summed E-state index contributed by atoms with van der Waals surface area (Å²) in [5, 5.41) is 0.625. The first-order valence-corrected chi connectivity index (χ1v) is 10.4. The second kappa shape index (κ2) is 10.0. The van der Waals surface area contributed by atoms with Crippen molar-refractivity contribution in [3.8, 4) is 0 Å². The van der Waals surface area contributed by atoms with Gasteiger partial charge in [0.25, 0.3) is 5.91 Å². The maximum atomic E-state index is 13.2. The maximum Gasteiger partial charge on any atom is 3.00 e. The van der Waals surface area contributed by atoms with Gasteiger partial charge in [0.2, 0.25) is 5.78 Å². The molecule has 1 saturated heterocycles. The Labute approximate surface area is 207 Å². The van der Waals surface area contributed by atoms with Gasteiger partial charge in [0.05, 0.1) is 5.56 Å². The van der Waals surface area contributed by atoms with E-state index in [1.54, 1.807) is 12.3 Å². The molecule has 0 aliphatic carbocycles. The fourth-order valence-electron chi connectivity index (χ4n) is 4.29. The molecule has 0 unspecified atom stereocenters. The molecule has 0 radical (unpaired) electrons. The average molecular weight is 490 g/mol. The summed E-state index contributed by atoms with van der Waals surface area (Å²) in [6.45, 7) is 4.62. The van der Waals surface area contributed by atoms with E-state index in [1.165, 1.54) is 12.5 Å².